The fourth-order valence-electron chi connectivity index (χ4n) is 3.67. The van der Waals surface area contributed by atoms with Gasteiger partial charge in [-0.15, -0.1) is 11.3 Å². The van der Waals surface area contributed by atoms with Crippen molar-refractivity contribution in [3.8, 4) is 11.4 Å². The number of hydrogen-bond acceptors (Lipinski definition) is 5. The van der Waals surface area contributed by atoms with Gasteiger partial charge in [0, 0.05) is 10.6 Å². The topological polar surface area (TPSA) is 44.1 Å². The molecule has 166 valence electrons. The van der Waals surface area contributed by atoms with Gasteiger partial charge in [-0.1, -0.05) is 49.4 Å². The largest absolute Gasteiger partial charge is 0.493 e. The average Bonchev–Trinajstić information content (AvgIpc) is 3.10. The molecular weight excluding hydrogens is 436 g/mol. The summed E-state index contributed by atoms with van der Waals surface area (Å²) in [5.74, 6) is 1.55. The van der Waals surface area contributed by atoms with E-state index in [0.717, 1.165) is 45.6 Å². The molecule has 0 saturated heterocycles. The van der Waals surface area contributed by atoms with E-state index in [1.807, 2.05) is 36.4 Å². The summed E-state index contributed by atoms with van der Waals surface area (Å²) < 4.78 is 7.62. The summed E-state index contributed by atoms with van der Waals surface area (Å²) in [6.45, 7) is 8.92. The van der Waals surface area contributed by atoms with Gasteiger partial charge in [0.05, 0.1) is 17.7 Å². The lowest BCUT2D eigenvalue weighted by Crippen LogP contribution is -2.22. The Kier molecular flexibility index (Phi) is 7.01. The van der Waals surface area contributed by atoms with E-state index < -0.39 is 0 Å². The summed E-state index contributed by atoms with van der Waals surface area (Å²) in [5, 5.41) is 1.47. The maximum absolute atomic E-state index is 13.7. The number of aromatic nitrogens is 2. The van der Waals surface area contributed by atoms with Crippen LogP contribution in [0.25, 0.3) is 15.9 Å². The number of fused-ring (bicyclic) bond motifs is 1. The van der Waals surface area contributed by atoms with Gasteiger partial charge in [-0.3, -0.25) is 9.36 Å². The van der Waals surface area contributed by atoms with Crippen LogP contribution in [0.1, 0.15) is 34.9 Å². The quantitative estimate of drug-likeness (QED) is 0.170. The average molecular weight is 465 g/mol. The molecule has 4 rings (SSSR count). The number of aryl methyl sites for hydroxylation is 4. The molecule has 0 aliphatic carbocycles. The minimum atomic E-state index is 0.0147. The summed E-state index contributed by atoms with van der Waals surface area (Å²) in [5.41, 5.74) is 4.32. The summed E-state index contributed by atoms with van der Waals surface area (Å²) in [4.78, 5) is 20.8. The number of ether oxygens (including phenoxy) is 1. The zero-order valence-corrected chi connectivity index (χ0v) is 20.6. The standard InChI is InChI=1S/C26H28N2O2S2/c1-5-9-22-19(4)23-24(32-22)27-26(31-15-14-30-21-10-7-6-8-11-21)28(25(23)29)20-13-12-17(2)18(3)16-20/h6-8,10-13,16H,5,9,14-15H2,1-4H3. The molecular formula is C26H28N2O2S2. The van der Waals surface area contributed by atoms with Gasteiger partial charge in [-0.2, -0.15) is 0 Å². The van der Waals surface area contributed by atoms with Crippen molar-refractivity contribution in [2.24, 2.45) is 0 Å². The highest BCUT2D eigenvalue weighted by Gasteiger charge is 2.19. The smallest absolute Gasteiger partial charge is 0.267 e. The molecule has 0 amide bonds. The summed E-state index contributed by atoms with van der Waals surface area (Å²) in [6.07, 6.45) is 2.03. The molecule has 4 nitrogen and oxygen atoms in total. The molecule has 0 spiro atoms. The number of benzene rings is 2. The molecule has 0 aliphatic rings. The minimum Gasteiger partial charge on any atom is -0.493 e. The Labute approximate surface area is 197 Å². The third-order valence-electron chi connectivity index (χ3n) is 5.58. The van der Waals surface area contributed by atoms with Crippen LogP contribution in [0.15, 0.2) is 58.5 Å². The van der Waals surface area contributed by atoms with Crippen LogP contribution in [0.4, 0.5) is 0 Å². The second kappa shape index (κ2) is 9.92. The van der Waals surface area contributed by atoms with Gasteiger partial charge in [-0.05, 0) is 68.1 Å². The molecule has 0 atom stereocenters. The fraction of sp³-hybridized carbons (Fsp3) is 0.308. The highest BCUT2D eigenvalue weighted by molar-refractivity contribution is 7.99. The Morgan fingerprint density at radius 2 is 1.84 bits per heavy atom. The molecule has 32 heavy (non-hydrogen) atoms. The van der Waals surface area contributed by atoms with Gasteiger partial charge >= 0.3 is 0 Å². The first kappa shape index (κ1) is 22.6. The SMILES string of the molecule is CCCc1sc2nc(SCCOc3ccccc3)n(-c3ccc(C)c(C)c3)c(=O)c2c1C. The second-order valence-electron chi connectivity index (χ2n) is 7.89. The van der Waals surface area contributed by atoms with E-state index in [-0.39, 0.29) is 5.56 Å². The molecule has 0 bridgehead atoms. The van der Waals surface area contributed by atoms with Crippen LogP contribution < -0.4 is 10.3 Å². The summed E-state index contributed by atoms with van der Waals surface area (Å²) in [7, 11) is 0. The first-order valence-electron chi connectivity index (χ1n) is 10.9. The van der Waals surface area contributed by atoms with Crippen LogP contribution in [0.3, 0.4) is 0 Å². The Morgan fingerprint density at radius 1 is 1.06 bits per heavy atom. The highest BCUT2D eigenvalue weighted by Crippen LogP contribution is 2.31. The van der Waals surface area contributed by atoms with E-state index in [2.05, 4.69) is 39.8 Å². The van der Waals surface area contributed by atoms with Crippen LogP contribution in [-0.2, 0) is 6.42 Å². The lowest BCUT2D eigenvalue weighted by atomic mass is 10.1. The van der Waals surface area contributed by atoms with E-state index in [9.17, 15) is 4.79 Å². The fourth-order valence-corrected chi connectivity index (χ4v) is 5.82. The first-order valence-corrected chi connectivity index (χ1v) is 12.7. The molecule has 0 radical (unpaired) electrons. The van der Waals surface area contributed by atoms with Crippen molar-refractivity contribution in [2.75, 3.05) is 12.4 Å². The Hall–Kier alpha value is -2.57. The molecule has 4 aromatic rings. The van der Waals surface area contributed by atoms with Crippen molar-refractivity contribution in [1.29, 1.82) is 0 Å². The van der Waals surface area contributed by atoms with Gasteiger partial charge in [0.1, 0.15) is 10.6 Å². The zero-order valence-electron chi connectivity index (χ0n) is 19.0. The molecule has 0 unspecified atom stereocenters. The maximum Gasteiger partial charge on any atom is 0.267 e. The van der Waals surface area contributed by atoms with E-state index in [1.165, 1.54) is 10.4 Å². The predicted octanol–water partition coefficient (Wildman–Crippen LogP) is 6.50. The van der Waals surface area contributed by atoms with Crippen LogP contribution >= 0.6 is 23.1 Å². The van der Waals surface area contributed by atoms with Crippen molar-refractivity contribution in [3.63, 3.8) is 0 Å². The third kappa shape index (κ3) is 4.62. The van der Waals surface area contributed by atoms with Crippen molar-refractivity contribution >= 4 is 33.3 Å². The van der Waals surface area contributed by atoms with Gasteiger partial charge in [0.2, 0.25) is 0 Å². The summed E-state index contributed by atoms with van der Waals surface area (Å²) >= 11 is 3.22. The Balaban J connectivity index is 1.73. The molecule has 2 aromatic carbocycles. The van der Waals surface area contributed by atoms with Crippen LogP contribution in [0.5, 0.6) is 5.75 Å². The van der Waals surface area contributed by atoms with Gasteiger partial charge in [0.15, 0.2) is 5.16 Å². The van der Waals surface area contributed by atoms with Crippen LogP contribution in [-0.4, -0.2) is 21.9 Å². The number of nitrogens with zero attached hydrogens (tertiary/aromatic N) is 2. The first-order chi connectivity index (χ1) is 15.5. The van der Waals surface area contributed by atoms with Gasteiger partial charge < -0.3 is 4.74 Å². The molecule has 6 heteroatoms. The van der Waals surface area contributed by atoms with Crippen LogP contribution in [0, 0.1) is 20.8 Å². The zero-order chi connectivity index (χ0) is 22.7. The number of rotatable bonds is 8. The number of hydrogen-bond donors (Lipinski definition) is 0. The molecule has 2 heterocycles. The monoisotopic (exact) mass is 464 g/mol. The van der Waals surface area contributed by atoms with Crippen LogP contribution in [0.2, 0.25) is 0 Å². The van der Waals surface area contributed by atoms with Gasteiger partial charge in [-0.25, -0.2) is 4.98 Å². The maximum atomic E-state index is 13.7. The highest BCUT2D eigenvalue weighted by atomic mass is 32.2. The van der Waals surface area contributed by atoms with Gasteiger partial charge in [0.25, 0.3) is 5.56 Å². The molecule has 0 saturated carbocycles. The number of thioether (sulfide) groups is 1. The Bertz CT molecular complexity index is 1290. The summed E-state index contributed by atoms with van der Waals surface area (Å²) in [6, 6.07) is 15.9. The van der Waals surface area contributed by atoms with Crippen molar-refractivity contribution in [3.05, 3.63) is 80.5 Å². The van der Waals surface area contributed by atoms with Crippen molar-refractivity contribution < 1.29 is 4.74 Å². The normalized spacial score (nSPS) is 11.2. The number of thiophene rings is 1. The molecule has 0 aliphatic heterocycles. The predicted molar refractivity (Wildman–Crippen MR) is 136 cm³/mol. The number of para-hydroxylation sites is 1. The molecule has 0 N–H and O–H groups in total. The van der Waals surface area contributed by atoms with Crippen molar-refractivity contribution in [1.82, 2.24) is 9.55 Å². The van der Waals surface area contributed by atoms with E-state index in [1.54, 1.807) is 27.7 Å². The molecule has 2 aromatic heterocycles. The lowest BCUT2D eigenvalue weighted by Gasteiger charge is -2.14. The van der Waals surface area contributed by atoms with E-state index in [4.69, 9.17) is 9.72 Å². The second-order valence-corrected chi connectivity index (χ2v) is 10.0. The van der Waals surface area contributed by atoms with Crippen molar-refractivity contribution in [2.45, 2.75) is 45.7 Å². The Morgan fingerprint density at radius 3 is 2.56 bits per heavy atom. The minimum absolute atomic E-state index is 0.0147. The molecule has 0 fully saturated rings. The van der Waals surface area contributed by atoms with E-state index in [0.29, 0.717) is 17.5 Å². The van der Waals surface area contributed by atoms with E-state index >= 15 is 0 Å². The third-order valence-corrected chi connectivity index (χ3v) is 7.73. The lowest BCUT2D eigenvalue weighted by molar-refractivity contribution is 0.344.